The molecule has 1 N–H and O–H groups in total. The van der Waals surface area contributed by atoms with Crippen molar-refractivity contribution in [3.05, 3.63) is 35.4 Å². The van der Waals surface area contributed by atoms with E-state index in [1.807, 2.05) is 24.3 Å². The second-order valence-electron chi connectivity index (χ2n) is 6.27. The van der Waals surface area contributed by atoms with Gasteiger partial charge in [-0.15, -0.1) is 0 Å². The summed E-state index contributed by atoms with van der Waals surface area (Å²) in [5, 5.41) is 9.37. The van der Waals surface area contributed by atoms with E-state index in [4.69, 9.17) is 4.74 Å². The van der Waals surface area contributed by atoms with Crippen LogP contribution in [0.1, 0.15) is 41.6 Å². The molecule has 2 saturated heterocycles. The highest BCUT2D eigenvalue weighted by atomic mass is 16.5. The zero-order valence-corrected chi connectivity index (χ0v) is 12.5. The number of methoxy groups -OCH3 is 1. The van der Waals surface area contributed by atoms with E-state index in [0.717, 1.165) is 19.4 Å². The van der Waals surface area contributed by atoms with E-state index < -0.39 is 0 Å². The van der Waals surface area contributed by atoms with Crippen molar-refractivity contribution in [3.8, 4) is 0 Å². The molecule has 114 valence electrons. The SMILES string of the molecule is COC(=O)c1ccc(CN2[C@@H]3CC[C@H]2CC(CO)C3)cc1. The van der Waals surface area contributed by atoms with E-state index in [1.165, 1.54) is 25.5 Å². The maximum absolute atomic E-state index is 11.4. The van der Waals surface area contributed by atoms with E-state index in [0.29, 0.717) is 30.2 Å². The Labute approximate surface area is 125 Å². The fourth-order valence-electron chi connectivity index (χ4n) is 3.87. The summed E-state index contributed by atoms with van der Waals surface area (Å²) < 4.78 is 4.72. The summed E-state index contributed by atoms with van der Waals surface area (Å²) in [6.07, 6.45) is 4.74. The number of nitrogens with zero attached hydrogens (tertiary/aromatic N) is 1. The van der Waals surface area contributed by atoms with Crippen molar-refractivity contribution in [1.82, 2.24) is 4.90 Å². The molecule has 2 fully saturated rings. The number of esters is 1. The minimum Gasteiger partial charge on any atom is -0.465 e. The highest BCUT2D eigenvalue weighted by Crippen LogP contribution is 2.39. The molecule has 0 radical (unpaired) electrons. The minimum absolute atomic E-state index is 0.287. The van der Waals surface area contributed by atoms with Gasteiger partial charge >= 0.3 is 5.97 Å². The fourth-order valence-corrected chi connectivity index (χ4v) is 3.87. The normalized spacial score (nSPS) is 28.6. The molecule has 1 aromatic carbocycles. The van der Waals surface area contributed by atoms with Gasteiger partial charge in [0.1, 0.15) is 0 Å². The number of hydrogen-bond donors (Lipinski definition) is 1. The number of hydrogen-bond acceptors (Lipinski definition) is 4. The standard InChI is InChI=1S/C17H23NO3/c1-21-17(20)14-4-2-12(3-5-14)10-18-15-6-7-16(18)9-13(8-15)11-19/h2-5,13,15-16,19H,6-11H2,1H3/t13?,15-,16+. The lowest BCUT2D eigenvalue weighted by Gasteiger charge is -2.38. The van der Waals surface area contributed by atoms with Gasteiger partial charge in [0, 0.05) is 25.2 Å². The highest BCUT2D eigenvalue weighted by molar-refractivity contribution is 5.89. The third kappa shape index (κ3) is 2.97. The van der Waals surface area contributed by atoms with Gasteiger partial charge in [-0.1, -0.05) is 12.1 Å². The predicted octanol–water partition coefficient (Wildman–Crippen LogP) is 2.21. The van der Waals surface area contributed by atoms with Gasteiger partial charge in [-0.2, -0.15) is 0 Å². The summed E-state index contributed by atoms with van der Waals surface area (Å²) in [6.45, 7) is 1.27. The maximum atomic E-state index is 11.4. The summed E-state index contributed by atoms with van der Waals surface area (Å²) in [5.74, 6) is 0.200. The molecule has 1 aromatic rings. The van der Waals surface area contributed by atoms with Gasteiger partial charge in [-0.3, -0.25) is 4.90 Å². The first kappa shape index (κ1) is 14.5. The van der Waals surface area contributed by atoms with E-state index in [-0.39, 0.29) is 5.97 Å². The molecule has 2 aliphatic heterocycles. The third-order valence-electron chi connectivity index (χ3n) is 4.98. The van der Waals surface area contributed by atoms with E-state index in [9.17, 15) is 9.90 Å². The van der Waals surface area contributed by atoms with Gasteiger partial charge in [-0.05, 0) is 49.3 Å². The molecule has 4 heteroatoms. The first-order valence-electron chi connectivity index (χ1n) is 7.75. The van der Waals surface area contributed by atoms with Crippen molar-refractivity contribution in [2.75, 3.05) is 13.7 Å². The molecule has 0 spiro atoms. The van der Waals surface area contributed by atoms with Gasteiger partial charge in [0.2, 0.25) is 0 Å². The first-order valence-corrected chi connectivity index (χ1v) is 7.75. The molecule has 0 aromatic heterocycles. The second-order valence-corrected chi connectivity index (χ2v) is 6.27. The molecule has 0 amide bonds. The third-order valence-corrected chi connectivity index (χ3v) is 4.98. The van der Waals surface area contributed by atoms with Crippen LogP contribution in [0.25, 0.3) is 0 Å². The topological polar surface area (TPSA) is 49.8 Å². The summed E-state index contributed by atoms with van der Waals surface area (Å²) in [6, 6.07) is 8.93. The highest BCUT2D eigenvalue weighted by Gasteiger charge is 2.40. The zero-order valence-electron chi connectivity index (χ0n) is 12.5. The van der Waals surface area contributed by atoms with Gasteiger partial charge in [0.15, 0.2) is 0 Å². The Morgan fingerprint density at radius 1 is 1.24 bits per heavy atom. The number of fused-ring (bicyclic) bond motifs is 2. The quantitative estimate of drug-likeness (QED) is 0.863. The van der Waals surface area contributed by atoms with Crippen molar-refractivity contribution in [1.29, 1.82) is 0 Å². The van der Waals surface area contributed by atoms with Gasteiger partial charge in [-0.25, -0.2) is 4.79 Å². The van der Waals surface area contributed by atoms with Crippen LogP contribution in [0.4, 0.5) is 0 Å². The van der Waals surface area contributed by atoms with Crippen molar-refractivity contribution in [2.45, 2.75) is 44.3 Å². The lowest BCUT2D eigenvalue weighted by molar-refractivity contribution is 0.0600. The summed E-state index contributed by atoms with van der Waals surface area (Å²) in [7, 11) is 1.40. The number of carbonyl (C=O) groups excluding carboxylic acids is 1. The lowest BCUT2D eigenvalue weighted by Crippen LogP contribution is -2.43. The van der Waals surface area contributed by atoms with Crippen LogP contribution in [-0.2, 0) is 11.3 Å². The number of aliphatic hydroxyl groups excluding tert-OH is 1. The van der Waals surface area contributed by atoms with Crippen molar-refractivity contribution >= 4 is 5.97 Å². The predicted molar refractivity (Wildman–Crippen MR) is 79.9 cm³/mol. The first-order chi connectivity index (χ1) is 10.2. The summed E-state index contributed by atoms with van der Waals surface area (Å²) in [4.78, 5) is 14.0. The number of carbonyl (C=O) groups is 1. The molecule has 2 heterocycles. The second kappa shape index (κ2) is 6.16. The Kier molecular flexibility index (Phi) is 4.27. The van der Waals surface area contributed by atoms with Gasteiger partial charge < -0.3 is 9.84 Å². The Hall–Kier alpha value is -1.39. The average molecular weight is 289 g/mol. The molecule has 0 aliphatic carbocycles. The molecule has 3 atom stereocenters. The lowest BCUT2D eigenvalue weighted by atomic mass is 9.91. The Bertz CT molecular complexity index is 485. The largest absolute Gasteiger partial charge is 0.465 e. The monoisotopic (exact) mass is 289 g/mol. The minimum atomic E-state index is -0.287. The van der Waals surface area contributed by atoms with Crippen molar-refractivity contribution < 1.29 is 14.6 Å². The zero-order chi connectivity index (χ0) is 14.8. The van der Waals surface area contributed by atoms with Crippen LogP contribution in [0.2, 0.25) is 0 Å². The molecular weight excluding hydrogens is 266 g/mol. The van der Waals surface area contributed by atoms with Crippen LogP contribution in [0.15, 0.2) is 24.3 Å². The van der Waals surface area contributed by atoms with Crippen LogP contribution in [-0.4, -0.2) is 41.8 Å². The van der Waals surface area contributed by atoms with Gasteiger partial charge in [0.25, 0.3) is 0 Å². The van der Waals surface area contributed by atoms with Crippen LogP contribution in [0, 0.1) is 5.92 Å². The van der Waals surface area contributed by atoms with Crippen LogP contribution < -0.4 is 0 Å². The average Bonchev–Trinajstić information content (AvgIpc) is 2.76. The van der Waals surface area contributed by atoms with Crippen molar-refractivity contribution in [3.63, 3.8) is 0 Å². The molecule has 1 unspecified atom stereocenters. The van der Waals surface area contributed by atoms with Crippen LogP contribution in [0.5, 0.6) is 0 Å². The van der Waals surface area contributed by atoms with Crippen molar-refractivity contribution in [2.24, 2.45) is 5.92 Å². The summed E-state index contributed by atoms with van der Waals surface area (Å²) in [5.41, 5.74) is 1.84. The van der Waals surface area contributed by atoms with Crippen LogP contribution in [0.3, 0.4) is 0 Å². The molecule has 0 saturated carbocycles. The molecule has 2 bridgehead atoms. The molecule has 4 nitrogen and oxygen atoms in total. The molecule has 2 aliphatic rings. The number of rotatable bonds is 4. The number of aliphatic hydroxyl groups is 1. The number of piperidine rings is 1. The van der Waals surface area contributed by atoms with E-state index >= 15 is 0 Å². The fraction of sp³-hybridized carbons (Fsp3) is 0.588. The maximum Gasteiger partial charge on any atom is 0.337 e. The summed E-state index contributed by atoms with van der Waals surface area (Å²) >= 11 is 0. The number of benzene rings is 1. The molecular formula is C17H23NO3. The van der Waals surface area contributed by atoms with E-state index in [1.54, 1.807) is 0 Å². The molecule has 3 rings (SSSR count). The van der Waals surface area contributed by atoms with E-state index in [2.05, 4.69) is 4.90 Å². The Balaban J connectivity index is 1.66. The van der Waals surface area contributed by atoms with Crippen LogP contribution >= 0.6 is 0 Å². The smallest absolute Gasteiger partial charge is 0.337 e. The van der Waals surface area contributed by atoms with Gasteiger partial charge in [0.05, 0.1) is 12.7 Å². The Morgan fingerprint density at radius 3 is 2.38 bits per heavy atom. The number of ether oxygens (including phenoxy) is 1. The Morgan fingerprint density at radius 2 is 1.86 bits per heavy atom. The molecule has 21 heavy (non-hydrogen) atoms.